The van der Waals surface area contributed by atoms with Gasteiger partial charge in [0.2, 0.25) is 5.91 Å². The average Bonchev–Trinajstić information content (AvgIpc) is 3.48. The summed E-state index contributed by atoms with van der Waals surface area (Å²) in [6.07, 6.45) is 2.52. The molecule has 0 bridgehead atoms. The van der Waals surface area contributed by atoms with E-state index in [0.717, 1.165) is 49.7 Å². The number of sulfonamides is 1. The number of carbonyl (C=O) groups is 2. The van der Waals surface area contributed by atoms with Crippen molar-refractivity contribution in [3.8, 4) is 5.75 Å². The van der Waals surface area contributed by atoms with Gasteiger partial charge in [-0.1, -0.05) is 13.0 Å². The summed E-state index contributed by atoms with van der Waals surface area (Å²) in [5.74, 6) is -1.42. The van der Waals surface area contributed by atoms with Crippen LogP contribution in [0.2, 0.25) is 0 Å². The minimum absolute atomic E-state index is 0.0591. The lowest BCUT2D eigenvalue weighted by Crippen LogP contribution is -2.43. The first-order valence-corrected chi connectivity index (χ1v) is 13.5. The van der Waals surface area contributed by atoms with Gasteiger partial charge in [0, 0.05) is 12.5 Å². The van der Waals surface area contributed by atoms with Crippen LogP contribution < -0.4 is 14.8 Å². The number of halogens is 1. The largest absolute Gasteiger partial charge is 0.492 e. The quantitative estimate of drug-likeness (QED) is 0.492. The number of aromatic carboxylic acids is 1. The van der Waals surface area contributed by atoms with E-state index in [1.165, 1.54) is 6.07 Å². The van der Waals surface area contributed by atoms with E-state index in [1.807, 2.05) is 11.8 Å². The lowest BCUT2D eigenvalue weighted by atomic mass is 10.0. The van der Waals surface area contributed by atoms with E-state index >= 15 is 0 Å². The monoisotopic (exact) mass is 517 g/mol. The minimum Gasteiger partial charge on any atom is -0.492 e. The van der Waals surface area contributed by atoms with E-state index in [4.69, 9.17) is 4.74 Å². The number of ether oxygens (including phenoxy) is 1. The van der Waals surface area contributed by atoms with Gasteiger partial charge in [0.25, 0.3) is 10.0 Å². The van der Waals surface area contributed by atoms with Gasteiger partial charge in [-0.3, -0.25) is 14.4 Å². The lowest BCUT2D eigenvalue weighted by molar-refractivity contribution is -0.125. The highest BCUT2D eigenvalue weighted by Crippen LogP contribution is 2.55. The van der Waals surface area contributed by atoms with Crippen molar-refractivity contribution in [2.45, 2.75) is 49.6 Å². The molecule has 2 fully saturated rings. The van der Waals surface area contributed by atoms with Gasteiger partial charge in [-0.05, 0) is 73.7 Å². The number of benzene rings is 2. The van der Waals surface area contributed by atoms with Crippen LogP contribution in [0.25, 0.3) is 0 Å². The van der Waals surface area contributed by atoms with Gasteiger partial charge >= 0.3 is 5.97 Å². The zero-order valence-electron chi connectivity index (χ0n) is 19.8. The molecule has 1 saturated heterocycles. The fourth-order valence-corrected chi connectivity index (χ4v) is 6.59. The third kappa shape index (κ3) is 4.53. The standard InChI is InChI=1S/C25H28FN3O6S/c1-2-29-9-3-4-20(29)24(30)27-12-14-10-16(26)5-8-21(14)36(33,34)28-19-7-6-17-18-11-15(18)13-35-23(17)22(19)25(31)32/h5-8,10,15,18,20,28H,2-4,9,11-13H2,1H3,(H,27,30)(H,31,32)/t15-,18-,20-/m0/s1. The molecule has 1 aliphatic carbocycles. The normalized spacial score (nSPS) is 22.8. The Hall–Kier alpha value is -3.18. The second kappa shape index (κ2) is 9.36. The van der Waals surface area contributed by atoms with Crippen molar-refractivity contribution in [2.75, 3.05) is 24.4 Å². The smallest absolute Gasteiger partial charge is 0.341 e. The molecule has 5 rings (SSSR count). The first-order valence-electron chi connectivity index (χ1n) is 12.1. The topological polar surface area (TPSA) is 125 Å². The number of hydrogen-bond acceptors (Lipinski definition) is 6. The predicted octanol–water partition coefficient (Wildman–Crippen LogP) is 2.92. The zero-order chi connectivity index (χ0) is 25.6. The zero-order valence-corrected chi connectivity index (χ0v) is 20.6. The molecule has 2 aromatic rings. The number of hydrogen-bond donors (Lipinski definition) is 3. The van der Waals surface area contributed by atoms with Crippen LogP contribution in [0, 0.1) is 11.7 Å². The SMILES string of the molecule is CCN1CCC[C@H]1C(=O)NCc1cc(F)ccc1S(=O)(=O)Nc1ccc2c(c1C(=O)O)OC[C@@H]1C[C@H]21. The molecule has 36 heavy (non-hydrogen) atoms. The van der Waals surface area contributed by atoms with E-state index in [1.54, 1.807) is 6.07 Å². The third-order valence-electron chi connectivity index (χ3n) is 7.25. The van der Waals surface area contributed by atoms with Crippen LogP contribution in [-0.4, -0.2) is 56.0 Å². The van der Waals surface area contributed by atoms with Gasteiger partial charge in [-0.15, -0.1) is 0 Å². The summed E-state index contributed by atoms with van der Waals surface area (Å²) in [7, 11) is -4.33. The Morgan fingerprint density at radius 2 is 2.06 bits per heavy atom. The highest BCUT2D eigenvalue weighted by Gasteiger charge is 2.45. The number of likely N-dealkylation sites (tertiary alicyclic amines) is 1. The molecule has 0 spiro atoms. The van der Waals surface area contributed by atoms with Gasteiger partial charge in [0.05, 0.1) is 23.2 Å². The van der Waals surface area contributed by atoms with Crippen molar-refractivity contribution >= 4 is 27.6 Å². The summed E-state index contributed by atoms with van der Waals surface area (Å²) in [6.45, 7) is 3.71. The summed E-state index contributed by atoms with van der Waals surface area (Å²) in [5.41, 5.74) is 0.442. The van der Waals surface area contributed by atoms with Crippen molar-refractivity contribution in [3.05, 3.63) is 52.8 Å². The van der Waals surface area contributed by atoms with Crippen LogP contribution in [0.1, 0.15) is 53.6 Å². The maximum atomic E-state index is 14.1. The number of carboxylic acids is 1. The number of nitrogens with one attached hydrogen (secondary N) is 2. The highest BCUT2D eigenvalue weighted by molar-refractivity contribution is 7.92. The molecule has 0 aromatic heterocycles. The van der Waals surface area contributed by atoms with Crippen molar-refractivity contribution < 1.29 is 32.2 Å². The van der Waals surface area contributed by atoms with E-state index in [9.17, 15) is 27.5 Å². The maximum Gasteiger partial charge on any atom is 0.341 e. The molecule has 2 aliphatic heterocycles. The fraction of sp³-hybridized carbons (Fsp3) is 0.440. The molecule has 1 saturated carbocycles. The van der Waals surface area contributed by atoms with Crippen molar-refractivity contribution in [3.63, 3.8) is 0 Å². The Labute approximate surface area is 208 Å². The van der Waals surface area contributed by atoms with E-state index in [2.05, 4.69) is 10.0 Å². The summed E-state index contributed by atoms with van der Waals surface area (Å²) < 4.78 is 48.8. The fourth-order valence-electron chi connectivity index (χ4n) is 5.30. The molecular formula is C25H28FN3O6S. The maximum absolute atomic E-state index is 14.1. The van der Waals surface area contributed by atoms with Crippen LogP contribution in [0.3, 0.4) is 0 Å². The highest BCUT2D eigenvalue weighted by atomic mass is 32.2. The van der Waals surface area contributed by atoms with Crippen LogP contribution >= 0.6 is 0 Å². The molecule has 3 atom stereocenters. The summed E-state index contributed by atoms with van der Waals surface area (Å²) >= 11 is 0. The number of fused-ring (bicyclic) bond motifs is 3. The molecule has 192 valence electrons. The molecule has 2 aromatic carbocycles. The van der Waals surface area contributed by atoms with Gasteiger partial charge in [0.1, 0.15) is 17.1 Å². The molecule has 0 unspecified atom stereocenters. The number of rotatable bonds is 8. The first-order chi connectivity index (χ1) is 17.2. The second-order valence-corrected chi connectivity index (χ2v) is 11.1. The molecule has 3 aliphatic rings. The van der Waals surface area contributed by atoms with Crippen LogP contribution in [0.4, 0.5) is 10.1 Å². The number of carboxylic acid groups (broad SMARTS) is 1. The molecule has 2 heterocycles. The van der Waals surface area contributed by atoms with Gasteiger partial charge in [-0.25, -0.2) is 17.6 Å². The average molecular weight is 518 g/mol. The Balaban J connectivity index is 1.41. The molecule has 9 nitrogen and oxygen atoms in total. The third-order valence-corrected chi connectivity index (χ3v) is 8.71. The molecule has 11 heteroatoms. The van der Waals surface area contributed by atoms with E-state index in [0.29, 0.717) is 18.9 Å². The van der Waals surface area contributed by atoms with Crippen LogP contribution in [0.5, 0.6) is 5.75 Å². The number of likely N-dealkylation sites (N-methyl/N-ethyl adjacent to an activating group) is 1. The predicted molar refractivity (Wildman–Crippen MR) is 129 cm³/mol. The number of anilines is 1. The van der Waals surface area contributed by atoms with Crippen LogP contribution in [0.15, 0.2) is 35.2 Å². The number of nitrogens with zero attached hydrogens (tertiary/aromatic N) is 1. The second-order valence-electron chi connectivity index (χ2n) is 9.49. The first kappa shape index (κ1) is 24.5. The lowest BCUT2D eigenvalue weighted by Gasteiger charge is -2.22. The van der Waals surface area contributed by atoms with Crippen molar-refractivity contribution in [1.82, 2.24) is 10.2 Å². The van der Waals surface area contributed by atoms with Gasteiger partial charge in [-0.2, -0.15) is 0 Å². The van der Waals surface area contributed by atoms with E-state index < -0.39 is 21.8 Å². The van der Waals surface area contributed by atoms with Crippen molar-refractivity contribution in [2.24, 2.45) is 5.92 Å². The molecule has 3 N–H and O–H groups in total. The summed E-state index contributed by atoms with van der Waals surface area (Å²) in [4.78, 5) is 26.6. The van der Waals surface area contributed by atoms with Gasteiger partial charge in [0.15, 0.2) is 0 Å². The summed E-state index contributed by atoms with van der Waals surface area (Å²) in [6, 6.07) is 5.99. The Morgan fingerprint density at radius 3 is 2.81 bits per heavy atom. The van der Waals surface area contributed by atoms with E-state index in [-0.39, 0.29) is 51.9 Å². The number of amides is 1. The summed E-state index contributed by atoms with van der Waals surface area (Å²) in [5, 5.41) is 12.6. The van der Waals surface area contributed by atoms with Gasteiger partial charge < -0.3 is 15.2 Å². The molecular weight excluding hydrogens is 489 g/mol. The Morgan fingerprint density at radius 1 is 1.25 bits per heavy atom. The Bertz CT molecular complexity index is 1330. The minimum atomic E-state index is -4.33. The molecule has 0 radical (unpaired) electrons. The van der Waals surface area contributed by atoms with Crippen molar-refractivity contribution in [1.29, 1.82) is 0 Å². The molecule has 1 amide bonds. The Kier molecular flexibility index (Phi) is 6.37. The van der Waals surface area contributed by atoms with Crippen LogP contribution in [-0.2, 0) is 21.4 Å². The number of carbonyl (C=O) groups excluding carboxylic acids is 1.